The van der Waals surface area contributed by atoms with Gasteiger partial charge in [0, 0.05) is 17.9 Å². The van der Waals surface area contributed by atoms with E-state index >= 15 is 0 Å². The zero-order valence-electron chi connectivity index (χ0n) is 10.3. The largest absolute Gasteiger partial charge is 0.465 e. The van der Waals surface area contributed by atoms with E-state index in [9.17, 15) is 9.90 Å². The van der Waals surface area contributed by atoms with Gasteiger partial charge in [-0.25, -0.2) is 4.79 Å². The van der Waals surface area contributed by atoms with E-state index in [-0.39, 0.29) is 6.54 Å². The van der Waals surface area contributed by atoms with Gasteiger partial charge in [-0.05, 0) is 38.5 Å². The van der Waals surface area contributed by atoms with Crippen molar-refractivity contribution in [3.05, 3.63) is 30.1 Å². The number of pyridine rings is 1. The van der Waals surface area contributed by atoms with Crippen molar-refractivity contribution < 1.29 is 15.0 Å². The minimum atomic E-state index is -1.04. The molecule has 1 amide bonds. The molecule has 0 radical (unpaired) electrons. The van der Waals surface area contributed by atoms with Gasteiger partial charge in [0.05, 0.1) is 12.6 Å². The molecule has 1 rings (SSSR count). The van der Waals surface area contributed by atoms with Gasteiger partial charge in [-0.1, -0.05) is 0 Å². The van der Waals surface area contributed by atoms with Gasteiger partial charge in [0.25, 0.3) is 0 Å². The first-order chi connectivity index (χ1) is 7.82. The first-order valence-corrected chi connectivity index (χ1v) is 5.41. The van der Waals surface area contributed by atoms with Crippen LogP contribution in [0.1, 0.15) is 32.4 Å². The van der Waals surface area contributed by atoms with E-state index in [1.807, 2.05) is 0 Å². The summed E-state index contributed by atoms with van der Waals surface area (Å²) in [6.07, 6.45) is 1.26. The fraction of sp³-hybridized carbons (Fsp3) is 0.500. The summed E-state index contributed by atoms with van der Waals surface area (Å²) in [5.41, 5.74) is 0.121. The lowest BCUT2D eigenvalue weighted by atomic mass is 10.0. The Kier molecular flexibility index (Phi) is 4.07. The number of carboxylic acid groups (broad SMARTS) is 1. The Labute approximate surface area is 101 Å². The number of rotatable bonds is 3. The van der Waals surface area contributed by atoms with Crippen LogP contribution in [0.2, 0.25) is 0 Å². The van der Waals surface area contributed by atoms with Gasteiger partial charge >= 0.3 is 6.09 Å². The molecule has 1 heterocycles. The lowest BCUT2D eigenvalue weighted by Gasteiger charge is -2.34. The molecule has 0 aliphatic rings. The second-order valence-corrected chi connectivity index (χ2v) is 4.86. The highest BCUT2D eigenvalue weighted by atomic mass is 16.4. The second kappa shape index (κ2) is 5.14. The number of nitrogens with zero attached hydrogens (tertiary/aromatic N) is 2. The Balaban J connectivity index is 2.79. The fourth-order valence-electron chi connectivity index (χ4n) is 1.50. The Morgan fingerprint density at radius 1 is 1.41 bits per heavy atom. The molecule has 1 unspecified atom stereocenters. The van der Waals surface area contributed by atoms with E-state index < -0.39 is 17.7 Å². The van der Waals surface area contributed by atoms with Gasteiger partial charge in [-0.2, -0.15) is 0 Å². The summed E-state index contributed by atoms with van der Waals surface area (Å²) in [4.78, 5) is 16.2. The van der Waals surface area contributed by atoms with Gasteiger partial charge in [-0.15, -0.1) is 0 Å². The molecule has 0 aromatic carbocycles. The van der Waals surface area contributed by atoms with Crippen LogP contribution in [0.5, 0.6) is 0 Å². The van der Waals surface area contributed by atoms with E-state index in [1.54, 1.807) is 45.3 Å². The van der Waals surface area contributed by atoms with Crippen molar-refractivity contribution >= 4 is 6.09 Å². The molecule has 0 aliphatic carbocycles. The average molecular weight is 238 g/mol. The van der Waals surface area contributed by atoms with E-state index in [4.69, 9.17) is 5.11 Å². The SMILES string of the molecule is CC(C)(C)N(CC(O)c1ccncc1)C(=O)O. The normalized spacial score (nSPS) is 13.2. The first kappa shape index (κ1) is 13.4. The molecule has 5 heteroatoms. The summed E-state index contributed by atoms with van der Waals surface area (Å²) >= 11 is 0. The van der Waals surface area contributed by atoms with Crippen LogP contribution in [0.25, 0.3) is 0 Å². The Morgan fingerprint density at radius 2 is 1.94 bits per heavy atom. The quantitative estimate of drug-likeness (QED) is 0.843. The van der Waals surface area contributed by atoms with Crippen LogP contribution in [-0.4, -0.2) is 38.3 Å². The van der Waals surface area contributed by atoms with Crippen LogP contribution >= 0.6 is 0 Å². The van der Waals surface area contributed by atoms with Gasteiger partial charge in [0.2, 0.25) is 0 Å². The number of aromatic nitrogens is 1. The number of aliphatic hydroxyl groups is 1. The van der Waals surface area contributed by atoms with Crippen molar-refractivity contribution in [1.29, 1.82) is 0 Å². The highest BCUT2D eigenvalue weighted by molar-refractivity contribution is 5.66. The van der Waals surface area contributed by atoms with E-state index in [0.29, 0.717) is 5.56 Å². The minimum absolute atomic E-state index is 0.0445. The summed E-state index contributed by atoms with van der Waals surface area (Å²) < 4.78 is 0. The smallest absolute Gasteiger partial charge is 0.407 e. The maximum Gasteiger partial charge on any atom is 0.407 e. The predicted molar refractivity (Wildman–Crippen MR) is 63.7 cm³/mol. The molecule has 1 aromatic rings. The zero-order valence-corrected chi connectivity index (χ0v) is 10.3. The molecule has 1 aromatic heterocycles. The number of carbonyl (C=O) groups is 1. The van der Waals surface area contributed by atoms with Crippen LogP contribution in [-0.2, 0) is 0 Å². The lowest BCUT2D eigenvalue weighted by Crippen LogP contribution is -2.46. The highest BCUT2D eigenvalue weighted by Gasteiger charge is 2.28. The average Bonchev–Trinajstić information content (AvgIpc) is 2.24. The minimum Gasteiger partial charge on any atom is -0.465 e. The van der Waals surface area contributed by atoms with E-state index in [1.165, 1.54) is 4.90 Å². The van der Waals surface area contributed by atoms with Crippen molar-refractivity contribution in [1.82, 2.24) is 9.88 Å². The van der Waals surface area contributed by atoms with Crippen molar-refractivity contribution in [2.45, 2.75) is 32.4 Å². The summed E-state index contributed by atoms with van der Waals surface area (Å²) in [7, 11) is 0. The molecule has 0 bridgehead atoms. The summed E-state index contributed by atoms with van der Waals surface area (Å²) in [6.45, 7) is 5.42. The summed E-state index contributed by atoms with van der Waals surface area (Å²) in [6, 6.07) is 3.35. The van der Waals surface area contributed by atoms with E-state index in [0.717, 1.165) is 0 Å². The van der Waals surface area contributed by atoms with Gasteiger partial charge in [0.1, 0.15) is 0 Å². The molecule has 5 nitrogen and oxygen atoms in total. The topological polar surface area (TPSA) is 73.7 Å². The van der Waals surface area contributed by atoms with Crippen LogP contribution in [0.15, 0.2) is 24.5 Å². The monoisotopic (exact) mass is 238 g/mol. The number of hydrogen-bond donors (Lipinski definition) is 2. The van der Waals surface area contributed by atoms with Crippen LogP contribution < -0.4 is 0 Å². The predicted octanol–water partition coefficient (Wildman–Crippen LogP) is 1.89. The molecule has 0 aliphatic heterocycles. The standard InChI is InChI=1S/C12H18N2O3/c1-12(2,3)14(11(16)17)8-10(15)9-4-6-13-7-5-9/h4-7,10,15H,8H2,1-3H3,(H,16,17). The molecular weight excluding hydrogens is 220 g/mol. The third-order valence-electron chi connectivity index (χ3n) is 2.49. The molecule has 94 valence electrons. The third kappa shape index (κ3) is 3.71. The van der Waals surface area contributed by atoms with Crippen LogP contribution in [0.3, 0.4) is 0 Å². The zero-order chi connectivity index (χ0) is 13.1. The van der Waals surface area contributed by atoms with Gasteiger partial charge in [-0.3, -0.25) is 4.98 Å². The number of amides is 1. The number of aliphatic hydroxyl groups excluding tert-OH is 1. The molecule has 2 N–H and O–H groups in total. The molecule has 0 spiro atoms. The fourth-order valence-corrected chi connectivity index (χ4v) is 1.50. The first-order valence-electron chi connectivity index (χ1n) is 5.41. The highest BCUT2D eigenvalue weighted by Crippen LogP contribution is 2.19. The van der Waals surface area contributed by atoms with Crippen molar-refractivity contribution in [3.8, 4) is 0 Å². The van der Waals surface area contributed by atoms with Crippen molar-refractivity contribution in [2.24, 2.45) is 0 Å². The van der Waals surface area contributed by atoms with Crippen LogP contribution in [0.4, 0.5) is 4.79 Å². The molecule has 1 atom stereocenters. The van der Waals surface area contributed by atoms with E-state index in [2.05, 4.69) is 4.98 Å². The van der Waals surface area contributed by atoms with Gasteiger partial charge in [0.15, 0.2) is 0 Å². The molecule has 0 saturated heterocycles. The Bertz CT molecular complexity index is 373. The molecular formula is C12H18N2O3. The summed E-state index contributed by atoms with van der Waals surface area (Å²) in [5, 5.41) is 19.1. The summed E-state index contributed by atoms with van der Waals surface area (Å²) in [5.74, 6) is 0. The second-order valence-electron chi connectivity index (χ2n) is 4.86. The van der Waals surface area contributed by atoms with Crippen molar-refractivity contribution in [3.63, 3.8) is 0 Å². The molecule has 0 saturated carbocycles. The Morgan fingerprint density at radius 3 is 2.35 bits per heavy atom. The molecule has 0 fully saturated rings. The third-order valence-corrected chi connectivity index (χ3v) is 2.49. The maximum atomic E-state index is 11.1. The molecule has 17 heavy (non-hydrogen) atoms. The lowest BCUT2D eigenvalue weighted by molar-refractivity contribution is 0.0556. The van der Waals surface area contributed by atoms with Gasteiger partial charge < -0.3 is 15.1 Å². The number of β-amino-alcohol motifs (C(OH)–C–C–N with tert-alkyl or cyclic N) is 1. The number of hydrogen-bond acceptors (Lipinski definition) is 3. The Hall–Kier alpha value is -1.62. The van der Waals surface area contributed by atoms with Crippen molar-refractivity contribution in [2.75, 3.05) is 6.54 Å². The maximum absolute atomic E-state index is 11.1. The van der Waals surface area contributed by atoms with Crippen LogP contribution in [0, 0.1) is 0 Å².